The second-order valence-electron chi connectivity index (χ2n) is 4.00. The fourth-order valence-corrected chi connectivity index (χ4v) is 2.09. The molecule has 0 radical (unpaired) electrons. The summed E-state index contributed by atoms with van der Waals surface area (Å²) in [6.07, 6.45) is 0.535. The van der Waals surface area contributed by atoms with Crippen LogP contribution in [-0.2, 0) is 0 Å². The van der Waals surface area contributed by atoms with Gasteiger partial charge in [0.1, 0.15) is 11.3 Å². The number of carbonyl (C=O) groups is 1. The lowest BCUT2D eigenvalue weighted by atomic mass is 10.1. The minimum atomic E-state index is -0.189. The average molecular weight is 274 g/mol. The molecule has 2 aromatic carbocycles. The van der Waals surface area contributed by atoms with Crippen LogP contribution >= 0.6 is 11.6 Å². The summed E-state index contributed by atoms with van der Waals surface area (Å²) in [5, 5.41) is 10.3. The summed E-state index contributed by atoms with van der Waals surface area (Å²) < 4.78 is 5.54. The van der Waals surface area contributed by atoms with E-state index in [-0.39, 0.29) is 17.2 Å². The molecule has 19 heavy (non-hydrogen) atoms. The van der Waals surface area contributed by atoms with Gasteiger partial charge < -0.3 is 9.52 Å². The summed E-state index contributed by atoms with van der Waals surface area (Å²) in [6, 6.07) is 10.1. The Labute approximate surface area is 113 Å². The molecule has 1 N–H and O–H groups in total. The lowest BCUT2D eigenvalue weighted by Gasteiger charge is -2.03. The topological polar surface area (TPSA) is 63.3 Å². The maximum absolute atomic E-state index is 10.9. The van der Waals surface area contributed by atoms with Gasteiger partial charge in [0.15, 0.2) is 11.9 Å². The van der Waals surface area contributed by atoms with Gasteiger partial charge in [-0.15, -0.1) is 0 Å². The van der Waals surface area contributed by atoms with E-state index in [2.05, 4.69) is 4.98 Å². The highest BCUT2D eigenvalue weighted by Crippen LogP contribution is 2.35. The quantitative estimate of drug-likeness (QED) is 0.724. The number of rotatable bonds is 2. The molecule has 0 fully saturated rings. The Balaban J connectivity index is 2.26. The first-order valence-electron chi connectivity index (χ1n) is 5.52. The van der Waals surface area contributed by atoms with Gasteiger partial charge in [0.05, 0.1) is 11.1 Å². The lowest BCUT2D eigenvalue weighted by Crippen LogP contribution is -1.86. The number of oxazole rings is 1. The number of nitrogens with zero attached hydrogens (tertiary/aromatic N) is 1. The van der Waals surface area contributed by atoms with Crippen molar-refractivity contribution in [1.82, 2.24) is 4.98 Å². The molecule has 3 aromatic rings. The molecule has 0 saturated heterocycles. The van der Waals surface area contributed by atoms with Crippen molar-refractivity contribution in [2.24, 2.45) is 0 Å². The zero-order valence-corrected chi connectivity index (χ0v) is 10.4. The van der Waals surface area contributed by atoms with Crippen LogP contribution < -0.4 is 0 Å². The zero-order chi connectivity index (χ0) is 13.4. The summed E-state index contributed by atoms with van der Waals surface area (Å²) in [6.45, 7) is 0. The maximum atomic E-state index is 10.9. The van der Waals surface area contributed by atoms with Crippen molar-refractivity contribution < 1.29 is 14.3 Å². The number of para-hydroxylation sites is 2. The molecule has 0 aliphatic heterocycles. The van der Waals surface area contributed by atoms with Gasteiger partial charge in [0.2, 0.25) is 5.89 Å². The van der Waals surface area contributed by atoms with Crippen molar-refractivity contribution in [2.45, 2.75) is 0 Å². The van der Waals surface area contributed by atoms with Gasteiger partial charge in [-0.2, -0.15) is 0 Å². The number of phenolic OH excluding ortho intramolecular Hbond substituents is 1. The largest absolute Gasteiger partial charge is 0.506 e. The fraction of sp³-hybridized carbons (Fsp3) is 0. The van der Waals surface area contributed by atoms with Crippen LogP contribution in [0.5, 0.6) is 5.75 Å². The summed E-state index contributed by atoms with van der Waals surface area (Å²) in [5.41, 5.74) is 1.67. The molecule has 0 aliphatic rings. The Bertz CT molecular complexity index is 746. The number of halogens is 1. The van der Waals surface area contributed by atoms with Crippen LogP contribution in [0, 0.1) is 0 Å². The molecular weight excluding hydrogens is 266 g/mol. The first-order valence-corrected chi connectivity index (χ1v) is 5.90. The Morgan fingerprint density at radius 3 is 2.79 bits per heavy atom. The number of benzene rings is 2. The van der Waals surface area contributed by atoms with E-state index in [1.807, 2.05) is 12.1 Å². The van der Waals surface area contributed by atoms with Gasteiger partial charge in [-0.25, -0.2) is 4.98 Å². The van der Waals surface area contributed by atoms with E-state index in [1.165, 1.54) is 12.1 Å². The summed E-state index contributed by atoms with van der Waals surface area (Å²) >= 11 is 5.91. The Morgan fingerprint density at radius 1 is 1.26 bits per heavy atom. The highest BCUT2D eigenvalue weighted by molar-refractivity contribution is 6.31. The van der Waals surface area contributed by atoms with Crippen molar-refractivity contribution >= 4 is 29.0 Å². The van der Waals surface area contributed by atoms with Crippen molar-refractivity contribution in [3.63, 3.8) is 0 Å². The third-order valence-corrected chi connectivity index (χ3v) is 2.97. The molecule has 3 rings (SSSR count). The van der Waals surface area contributed by atoms with Gasteiger partial charge in [0.25, 0.3) is 0 Å². The number of aromatic nitrogens is 1. The molecule has 0 aliphatic carbocycles. The van der Waals surface area contributed by atoms with E-state index in [4.69, 9.17) is 16.0 Å². The highest BCUT2D eigenvalue weighted by atomic mass is 35.5. The predicted molar refractivity (Wildman–Crippen MR) is 71.5 cm³/mol. The summed E-state index contributed by atoms with van der Waals surface area (Å²) in [4.78, 5) is 15.1. The van der Waals surface area contributed by atoms with Crippen LogP contribution in [0.4, 0.5) is 0 Å². The van der Waals surface area contributed by atoms with Crippen molar-refractivity contribution in [1.29, 1.82) is 0 Å². The fourth-order valence-electron chi connectivity index (χ4n) is 1.86. The number of hydrogen-bond donors (Lipinski definition) is 1. The van der Waals surface area contributed by atoms with Crippen LogP contribution in [0.3, 0.4) is 0 Å². The molecule has 0 atom stereocenters. The first-order chi connectivity index (χ1) is 9.19. The van der Waals surface area contributed by atoms with Crippen LogP contribution in [-0.4, -0.2) is 16.4 Å². The third-order valence-electron chi connectivity index (χ3n) is 2.76. The predicted octanol–water partition coefficient (Wildman–Crippen LogP) is 3.67. The second-order valence-corrected chi connectivity index (χ2v) is 4.43. The first kappa shape index (κ1) is 11.7. The molecule has 1 aromatic heterocycles. The number of hydrogen-bond acceptors (Lipinski definition) is 4. The highest BCUT2D eigenvalue weighted by Gasteiger charge is 2.16. The average Bonchev–Trinajstić information content (AvgIpc) is 2.84. The Morgan fingerprint density at radius 2 is 2.05 bits per heavy atom. The van der Waals surface area contributed by atoms with Crippen LogP contribution in [0.25, 0.3) is 22.6 Å². The second kappa shape index (κ2) is 4.40. The SMILES string of the molecule is O=Cc1cc(Cl)cc(-c2nc3ccccc3o2)c1O. The Kier molecular flexibility index (Phi) is 2.72. The van der Waals surface area contributed by atoms with Crippen LogP contribution in [0.15, 0.2) is 40.8 Å². The molecule has 0 spiro atoms. The molecule has 0 saturated carbocycles. The van der Waals surface area contributed by atoms with Crippen molar-refractivity contribution in [2.75, 3.05) is 0 Å². The van der Waals surface area contributed by atoms with E-state index < -0.39 is 0 Å². The van der Waals surface area contributed by atoms with Crippen molar-refractivity contribution in [3.05, 3.63) is 47.0 Å². The van der Waals surface area contributed by atoms with Gasteiger partial charge >= 0.3 is 0 Å². The lowest BCUT2D eigenvalue weighted by molar-refractivity contribution is 0.112. The normalized spacial score (nSPS) is 10.8. The monoisotopic (exact) mass is 273 g/mol. The molecule has 94 valence electrons. The minimum Gasteiger partial charge on any atom is -0.506 e. The van der Waals surface area contributed by atoms with Gasteiger partial charge in [-0.1, -0.05) is 23.7 Å². The number of fused-ring (bicyclic) bond motifs is 1. The maximum Gasteiger partial charge on any atom is 0.231 e. The van der Waals surface area contributed by atoms with Crippen molar-refractivity contribution in [3.8, 4) is 17.2 Å². The zero-order valence-electron chi connectivity index (χ0n) is 9.63. The van der Waals surface area contributed by atoms with Crippen LogP contribution in [0.1, 0.15) is 10.4 Å². The smallest absolute Gasteiger partial charge is 0.231 e. The molecule has 0 unspecified atom stereocenters. The third kappa shape index (κ3) is 1.96. The number of carbonyl (C=O) groups excluding carboxylic acids is 1. The van der Waals surface area contributed by atoms with Crippen LogP contribution in [0.2, 0.25) is 5.02 Å². The Hall–Kier alpha value is -2.33. The molecule has 5 heteroatoms. The van der Waals surface area contributed by atoms with E-state index in [9.17, 15) is 9.90 Å². The summed E-state index contributed by atoms with van der Waals surface area (Å²) in [7, 11) is 0. The minimum absolute atomic E-state index is 0.102. The van der Waals surface area contributed by atoms with Gasteiger partial charge in [-0.05, 0) is 24.3 Å². The molecular formula is C14H8ClNO3. The van der Waals surface area contributed by atoms with E-state index in [1.54, 1.807) is 12.1 Å². The molecule has 0 bridgehead atoms. The number of aldehydes is 1. The molecule has 1 heterocycles. The van der Waals surface area contributed by atoms with E-state index >= 15 is 0 Å². The van der Waals surface area contributed by atoms with E-state index in [0.29, 0.717) is 28.0 Å². The molecule has 0 amide bonds. The van der Waals surface area contributed by atoms with Gasteiger partial charge in [-0.3, -0.25) is 4.79 Å². The number of phenols is 1. The van der Waals surface area contributed by atoms with Gasteiger partial charge in [0, 0.05) is 5.02 Å². The summed E-state index contributed by atoms with van der Waals surface area (Å²) in [5.74, 6) is 0.0373. The van der Waals surface area contributed by atoms with E-state index in [0.717, 1.165) is 0 Å². The standard InChI is InChI=1S/C14H8ClNO3/c15-9-5-8(7-17)13(18)10(6-9)14-16-11-3-1-2-4-12(11)19-14/h1-7,18H. The number of aromatic hydroxyl groups is 1. The molecule has 4 nitrogen and oxygen atoms in total.